The first-order valence-corrected chi connectivity index (χ1v) is 7.46. The van der Waals surface area contributed by atoms with Gasteiger partial charge in [0.05, 0.1) is 11.7 Å². The monoisotopic (exact) mass is 261 g/mol. The van der Waals surface area contributed by atoms with Gasteiger partial charge in [0, 0.05) is 24.4 Å². The molecular formula is C16H23NO2. The molecule has 1 N–H and O–H groups in total. The zero-order valence-corrected chi connectivity index (χ0v) is 11.6. The molecule has 0 saturated carbocycles. The summed E-state index contributed by atoms with van der Waals surface area (Å²) < 4.78 is 5.92. The van der Waals surface area contributed by atoms with Crippen molar-refractivity contribution >= 4 is 0 Å². The number of aliphatic hydroxyl groups excluding tert-OH is 1. The van der Waals surface area contributed by atoms with E-state index in [2.05, 4.69) is 18.0 Å². The average Bonchev–Trinajstić information content (AvgIpc) is 2.47. The number of ether oxygens (including phenoxy) is 1. The van der Waals surface area contributed by atoms with Gasteiger partial charge in [0.15, 0.2) is 0 Å². The smallest absolute Gasteiger partial charge is 0.0918 e. The SMILES string of the molecule is CC1(C(O)C2CCCc3cccnc32)CCCCO1. The standard InChI is InChI=1S/C16H23NO2/c1-16(9-2-3-11-19-16)15(18)13-8-4-6-12-7-5-10-17-14(12)13/h5,7,10,13,15,18H,2-4,6,8-9,11H2,1H3. The summed E-state index contributed by atoms with van der Waals surface area (Å²) in [4.78, 5) is 4.53. The lowest BCUT2D eigenvalue weighted by Gasteiger charge is -2.42. The highest BCUT2D eigenvalue weighted by Crippen LogP contribution is 2.40. The minimum atomic E-state index is -0.443. The van der Waals surface area contributed by atoms with E-state index >= 15 is 0 Å². The topological polar surface area (TPSA) is 42.4 Å². The summed E-state index contributed by atoms with van der Waals surface area (Å²) in [5.74, 6) is 0.132. The fraction of sp³-hybridized carbons (Fsp3) is 0.688. The maximum atomic E-state index is 10.8. The summed E-state index contributed by atoms with van der Waals surface area (Å²) in [5, 5.41) is 10.8. The number of pyridine rings is 1. The molecule has 3 atom stereocenters. The third-order valence-electron chi connectivity index (χ3n) is 4.74. The average molecular weight is 261 g/mol. The Hall–Kier alpha value is -0.930. The van der Waals surface area contributed by atoms with Gasteiger partial charge in [-0.3, -0.25) is 4.98 Å². The van der Waals surface area contributed by atoms with Gasteiger partial charge in [0.2, 0.25) is 0 Å². The molecule has 0 spiro atoms. The highest BCUT2D eigenvalue weighted by atomic mass is 16.5. The summed E-state index contributed by atoms with van der Waals surface area (Å²) in [5.41, 5.74) is 2.00. The van der Waals surface area contributed by atoms with Crippen molar-refractivity contribution in [2.24, 2.45) is 0 Å². The molecular weight excluding hydrogens is 238 g/mol. The summed E-state index contributed by atoms with van der Waals surface area (Å²) >= 11 is 0. The van der Waals surface area contributed by atoms with Crippen molar-refractivity contribution in [3.63, 3.8) is 0 Å². The predicted octanol–water partition coefficient (Wildman–Crippen LogP) is 2.82. The van der Waals surface area contributed by atoms with Gasteiger partial charge in [-0.1, -0.05) is 6.07 Å². The second-order valence-corrected chi connectivity index (χ2v) is 6.11. The zero-order chi connectivity index (χ0) is 13.3. The van der Waals surface area contributed by atoms with Crippen LogP contribution in [0, 0.1) is 0 Å². The molecule has 0 radical (unpaired) electrons. The van der Waals surface area contributed by atoms with Crippen molar-refractivity contribution in [2.45, 2.75) is 63.1 Å². The summed E-state index contributed by atoms with van der Waals surface area (Å²) in [6, 6.07) is 4.14. The van der Waals surface area contributed by atoms with Crippen LogP contribution in [0.15, 0.2) is 18.3 Å². The van der Waals surface area contributed by atoms with Gasteiger partial charge in [-0.25, -0.2) is 0 Å². The molecule has 3 rings (SSSR count). The van der Waals surface area contributed by atoms with Crippen molar-refractivity contribution < 1.29 is 9.84 Å². The maximum Gasteiger partial charge on any atom is 0.0918 e. The van der Waals surface area contributed by atoms with E-state index in [9.17, 15) is 5.11 Å². The second kappa shape index (κ2) is 5.22. The lowest BCUT2D eigenvalue weighted by Crippen LogP contribution is -2.48. The Kier molecular flexibility index (Phi) is 3.59. The van der Waals surface area contributed by atoms with E-state index in [-0.39, 0.29) is 5.92 Å². The van der Waals surface area contributed by atoms with Crippen LogP contribution in [-0.4, -0.2) is 28.4 Å². The van der Waals surface area contributed by atoms with Gasteiger partial charge in [0.1, 0.15) is 0 Å². The first-order chi connectivity index (χ1) is 9.21. The van der Waals surface area contributed by atoms with E-state index < -0.39 is 11.7 Å². The van der Waals surface area contributed by atoms with Crippen molar-refractivity contribution in [3.8, 4) is 0 Å². The molecule has 19 heavy (non-hydrogen) atoms. The normalized spacial score (nSPS) is 32.6. The highest BCUT2D eigenvalue weighted by molar-refractivity contribution is 5.27. The molecule has 2 aliphatic rings. The number of fused-ring (bicyclic) bond motifs is 1. The molecule has 0 bridgehead atoms. The van der Waals surface area contributed by atoms with E-state index in [4.69, 9.17) is 4.74 Å². The molecule has 2 heterocycles. The van der Waals surface area contributed by atoms with Gasteiger partial charge < -0.3 is 9.84 Å². The van der Waals surface area contributed by atoms with Crippen molar-refractivity contribution in [1.82, 2.24) is 4.98 Å². The van der Waals surface area contributed by atoms with Crippen LogP contribution in [0.5, 0.6) is 0 Å². The van der Waals surface area contributed by atoms with Crippen LogP contribution in [0.2, 0.25) is 0 Å². The molecule has 1 aromatic heterocycles. The van der Waals surface area contributed by atoms with Gasteiger partial charge in [-0.05, 0) is 57.1 Å². The molecule has 0 aromatic carbocycles. The molecule has 1 saturated heterocycles. The Morgan fingerprint density at radius 2 is 2.32 bits per heavy atom. The van der Waals surface area contributed by atoms with Crippen molar-refractivity contribution in [1.29, 1.82) is 0 Å². The van der Waals surface area contributed by atoms with Gasteiger partial charge in [-0.15, -0.1) is 0 Å². The molecule has 3 unspecified atom stereocenters. The first-order valence-electron chi connectivity index (χ1n) is 7.46. The number of aliphatic hydroxyl groups is 1. The lowest BCUT2D eigenvalue weighted by atomic mass is 9.75. The number of rotatable bonds is 2. The number of hydrogen-bond donors (Lipinski definition) is 1. The molecule has 1 fully saturated rings. The molecule has 104 valence electrons. The predicted molar refractivity (Wildman–Crippen MR) is 74.1 cm³/mol. The van der Waals surface area contributed by atoms with Crippen LogP contribution in [0.25, 0.3) is 0 Å². The molecule has 3 nitrogen and oxygen atoms in total. The number of hydrogen-bond acceptors (Lipinski definition) is 3. The Labute approximate surface area is 115 Å². The molecule has 1 aliphatic carbocycles. The fourth-order valence-electron chi connectivity index (χ4n) is 3.57. The Morgan fingerprint density at radius 3 is 3.11 bits per heavy atom. The Bertz CT molecular complexity index is 440. The summed E-state index contributed by atoms with van der Waals surface area (Å²) in [6.45, 7) is 2.84. The van der Waals surface area contributed by atoms with Crippen LogP contribution in [-0.2, 0) is 11.2 Å². The van der Waals surface area contributed by atoms with E-state index in [1.165, 1.54) is 5.56 Å². The van der Waals surface area contributed by atoms with Crippen LogP contribution < -0.4 is 0 Å². The highest BCUT2D eigenvalue weighted by Gasteiger charge is 2.42. The second-order valence-electron chi connectivity index (χ2n) is 6.11. The number of aromatic nitrogens is 1. The van der Waals surface area contributed by atoms with E-state index in [1.807, 2.05) is 12.3 Å². The lowest BCUT2D eigenvalue weighted by molar-refractivity contribution is -0.145. The molecule has 3 heteroatoms. The number of aryl methyl sites for hydroxylation is 1. The molecule has 1 aromatic rings. The molecule has 0 amide bonds. The van der Waals surface area contributed by atoms with E-state index in [0.29, 0.717) is 0 Å². The summed E-state index contributed by atoms with van der Waals surface area (Å²) in [6.07, 6.45) is 7.85. The quantitative estimate of drug-likeness (QED) is 0.890. The summed E-state index contributed by atoms with van der Waals surface area (Å²) in [7, 11) is 0. The van der Waals surface area contributed by atoms with Crippen LogP contribution in [0.4, 0.5) is 0 Å². The van der Waals surface area contributed by atoms with Gasteiger partial charge in [0.25, 0.3) is 0 Å². The third kappa shape index (κ3) is 2.41. The Balaban J connectivity index is 1.86. The van der Waals surface area contributed by atoms with Crippen LogP contribution >= 0.6 is 0 Å². The molecule has 1 aliphatic heterocycles. The van der Waals surface area contributed by atoms with Crippen molar-refractivity contribution in [2.75, 3.05) is 6.61 Å². The van der Waals surface area contributed by atoms with Crippen molar-refractivity contribution in [3.05, 3.63) is 29.6 Å². The van der Waals surface area contributed by atoms with E-state index in [0.717, 1.165) is 50.8 Å². The third-order valence-corrected chi connectivity index (χ3v) is 4.74. The van der Waals surface area contributed by atoms with Crippen LogP contribution in [0.3, 0.4) is 0 Å². The zero-order valence-electron chi connectivity index (χ0n) is 11.6. The van der Waals surface area contributed by atoms with Crippen LogP contribution in [0.1, 0.15) is 56.2 Å². The maximum absolute atomic E-state index is 10.8. The minimum absolute atomic E-state index is 0.132. The largest absolute Gasteiger partial charge is 0.389 e. The number of nitrogens with zero attached hydrogens (tertiary/aromatic N) is 1. The first kappa shape index (κ1) is 13.1. The minimum Gasteiger partial charge on any atom is -0.389 e. The van der Waals surface area contributed by atoms with Gasteiger partial charge >= 0.3 is 0 Å². The van der Waals surface area contributed by atoms with E-state index in [1.54, 1.807) is 0 Å². The van der Waals surface area contributed by atoms with Gasteiger partial charge in [-0.2, -0.15) is 0 Å². The Morgan fingerprint density at radius 1 is 1.42 bits per heavy atom. The fourth-order valence-corrected chi connectivity index (χ4v) is 3.57.